The van der Waals surface area contributed by atoms with Gasteiger partial charge in [-0.3, -0.25) is 4.79 Å². The molecule has 0 aromatic rings. The third kappa shape index (κ3) is 4.91. The summed E-state index contributed by atoms with van der Waals surface area (Å²) in [6.45, 7) is 6.71. The number of carboxylic acids is 1. The molecule has 1 rings (SSSR count). The largest absolute Gasteiger partial charge is 0.481 e. The summed E-state index contributed by atoms with van der Waals surface area (Å²) in [5.41, 5.74) is -0.762. The number of hydrogen-bond acceptors (Lipinski definition) is 3. The average Bonchev–Trinajstić information content (AvgIpc) is 2.65. The molecule has 1 fully saturated rings. The molecule has 0 spiro atoms. The van der Waals surface area contributed by atoms with Crippen molar-refractivity contribution in [1.82, 2.24) is 10.6 Å². The van der Waals surface area contributed by atoms with Gasteiger partial charge in [-0.25, -0.2) is 4.79 Å². The first-order valence-electron chi connectivity index (χ1n) is 6.18. The number of aliphatic carboxylic acids is 1. The summed E-state index contributed by atoms with van der Waals surface area (Å²) >= 11 is 0. The highest BCUT2D eigenvalue weighted by atomic mass is 16.5. The Morgan fingerprint density at radius 1 is 1.50 bits per heavy atom. The van der Waals surface area contributed by atoms with E-state index in [1.54, 1.807) is 13.8 Å². The number of ether oxygens (including phenoxy) is 1. The highest BCUT2D eigenvalue weighted by molar-refractivity contribution is 5.76. The first-order valence-corrected chi connectivity index (χ1v) is 6.18. The summed E-state index contributed by atoms with van der Waals surface area (Å²) in [4.78, 5) is 22.4. The number of hydrogen-bond donors (Lipinski definition) is 3. The van der Waals surface area contributed by atoms with E-state index in [1.165, 1.54) is 0 Å². The fourth-order valence-electron chi connectivity index (χ4n) is 2.04. The van der Waals surface area contributed by atoms with Crippen molar-refractivity contribution in [3.05, 3.63) is 0 Å². The van der Waals surface area contributed by atoms with Crippen LogP contribution in [0.1, 0.15) is 33.6 Å². The highest BCUT2D eigenvalue weighted by Gasteiger charge is 2.27. The summed E-state index contributed by atoms with van der Waals surface area (Å²) < 4.78 is 5.26. The molecule has 1 heterocycles. The van der Waals surface area contributed by atoms with E-state index in [0.29, 0.717) is 12.5 Å². The van der Waals surface area contributed by atoms with Crippen molar-refractivity contribution < 1.29 is 19.4 Å². The van der Waals surface area contributed by atoms with Crippen molar-refractivity contribution in [3.63, 3.8) is 0 Å². The van der Waals surface area contributed by atoms with Crippen LogP contribution in [0.4, 0.5) is 4.79 Å². The molecule has 2 atom stereocenters. The molecule has 1 aliphatic rings. The number of carbonyl (C=O) groups excluding carboxylic acids is 1. The zero-order chi connectivity index (χ0) is 13.8. The molecule has 6 nitrogen and oxygen atoms in total. The van der Waals surface area contributed by atoms with Gasteiger partial charge in [0.1, 0.15) is 0 Å². The second-order valence-electron chi connectivity index (χ2n) is 5.47. The lowest BCUT2D eigenvalue weighted by Crippen LogP contribution is -2.52. The van der Waals surface area contributed by atoms with Crippen LogP contribution in [0.25, 0.3) is 0 Å². The average molecular weight is 258 g/mol. The van der Waals surface area contributed by atoms with Crippen LogP contribution in [0.5, 0.6) is 0 Å². The van der Waals surface area contributed by atoms with Gasteiger partial charge in [0.15, 0.2) is 0 Å². The molecule has 2 amide bonds. The fourth-order valence-corrected chi connectivity index (χ4v) is 2.04. The minimum atomic E-state index is -0.933. The maximum atomic E-state index is 11.8. The molecule has 0 aromatic carbocycles. The molecule has 1 saturated heterocycles. The summed E-state index contributed by atoms with van der Waals surface area (Å²) in [5, 5.41) is 14.2. The van der Waals surface area contributed by atoms with Crippen molar-refractivity contribution in [1.29, 1.82) is 0 Å². The van der Waals surface area contributed by atoms with Gasteiger partial charge in [-0.05, 0) is 27.2 Å². The second-order valence-corrected chi connectivity index (χ2v) is 5.47. The van der Waals surface area contributed by atoms with Crippen molar-refractivity contribution >= 4 is 12.0 Å². The SMILES string of the molecule is CC(NC(=O)NC(C)(C)CC(=O)O)C1CCOC1. The number of nitrogens with one attached hydrogen (secondary N) is 2. The predicted octanol–water partition coefficient (Wildman–Crippen LogP) is 0.964. The number of carbonyl (C=O) groups is 2. The molecule has 0 aliphatic carbocycles. The van der Waals surface area contributed by atoms with Crippen LogP contribution in [0.15, 0.2) is 0 Å². The van der Waals surface area contributed by atoms with E-state index < -0.39 is 11.5 Å². The molecule has 3 N–H and O–H groups in total. The summed E-state index contributed by atoms with van der Waals surface area (Å²) in [6.07, 6.45) is 0.835. The van der Waals surface area contributed by atoms with Gasteiger partial charge in [0.05, 0.1) is 13.0 Å². The third-order valence-electron chi connectivity index (χ3n) is 3.08. The van der Waals surface area contributed by atoms with Crippen LogP contribution in [-0.4, -0.2) is 41.9 Å². The van der Waals surface area contributed by atoms with Gasteiger partial charge < -0.3 is 20.5 Å². The lowest BCUT2D eigenvalue weighted by atomic mass is 10.00. The summed E-state index contributed by atoms with van der Waals surface area (Å²) in [5.74, 6) is -0.601. The van der Waals surface area contributed by atoms with E-state index >= 15 is 0 Å². The topological polar surface area (TPSA) is 87.7 Å². The molecule has 1 aliphatic heterocycles. The Balaban J connectivity index is 2.38. The van der Waals surface area contributed by atoms with Crippen LogP contribution in [-0.2, 0) is 9.53 Å². The summed E-state index contributed by atoms with van der Waals surface area (Å²) in [6, 6.07) is -0.311. The third-order valence-corrected chi connectivity index (χ3v) is 3.08. The number of amides is 2. The molecule has 0 radical (unpaired) electrons. The van der Waals surface area contributed by atoms with Crippen LogP contribution in [0.2, 0.25) is 0 Å². The Morgan fingerprint density at radius 2 is 2.17 bits per heavy atom. The lowest BCUT2D eigenvalue weighted by molar-refractivity contribution is -0.138. The number of urea groups is 1. The Hall–Kier alpha value is -1.30. The minimum absolute atomic E-state index is 0.0214. The molecule has 6 heteroatoms. The fraction of sp³-hybridized carbons (Fsp3) is 0.833. The normalized spacial score (nSPS) is 21.4. The smallest absolute Gasteiger partial charge is 0.315 e. The Morgan fingerprint density at radius 3 is 2.67 bits per heavy atom. The molecule has 0 bridgehead atoms. The van der Waals surface area contributed by atoms with Crippen molar-refractivity contribution in [2.75, 3.05) is 13.2 Å². The van der Waals surface area contributed by atoms with E-state index in [9.17, 15) is 9.59 Å². The highest BCUT2D eigenvalue weighted by Crippen LogP contribution is 2.16. The quantitative estimate of drug-likeness (QED) is 0.685. The standard InChI is InChI=1S/C12H22N2O4/c1-8(9-4-5-18-7-9)13-11(17)14-12(2,3)6-10(15)16/h8-9H,4-7H2,1-3H3,(H,15,16)(H2,13,14,17). The van der Waals surface area contributed by atoms with Crippen molar-refractivity contribution in [2.45, 2.75) is 45.2 Å². The zero-order valence-corrected chi connectivity index (χ0v) is 11.2. The van der Waals surface area contributed by atoms with Gasteiger partial charge in [0.25, 0.3) is 0 Å². The van der Waals surface area contributed by atoms with Gasteiger partial charge in [0, 0.05) is 24.1 Å². The molecular formula is C12H22N2O4. The molecule has 0 aromatic heterocycles. The van der Waals surface area contributed by atoms with E-state index in [4.69, 9.17) is 9.84 Å². The van der Waals surface area contributed by atoms with Crippen LogP contribution in [0, 0.1) is 5.92 Å². The van der Waals surface area contributed by atoms with Crippen LogP contribution < -0.4 is 10.6 Å². The van der Waals surface area contributed by atoms with E-state index in [0.717, 1.165) is 13.0 Å². The van der Waals surface area contributed by atoms with Gasteiger partial charge in [-0.2, -0.15) is 0 Å². The molecule has 0 saturated carbocycles. The molecule has 18 heavy (non-hydrogen) atoms. The Bertz CT molecular complexity index is 311. The predicted molar refractivity (Wildman–Crippen MR) is 66.4 cm³/mol. The van der Waals surface area contributed by atoms with E-state index in [1.807, 2.05) is 6.92 Å². The Kier molecular flexibility index (Phi) is 4.95. The monoisotopic (exact) mass is 258 g/mol. The van der Waals surface area contributed by atoms with Crippen molar-refractivity contribution in [2.24, 2.45) is 5.92 Å². The second kappa shape index (κ2) is 6.04. The first-order chi connectivity index (χ1) is 8.30. The number of carboxylic acid groups (broad SMARTS) is 1. The van der Waals surface area contributed by atoms with Gasteiger partial charge >= 0.3 is 12.0 Å². The van der Waals surface area contributed by atoms with E-state index in [-0.39, 0.29) is 18.5 Å². The van der Waals surface area contributed by atoms with Crippen LogP contribution in [0.3, 0.4) is 0 Å². The molecular weight excluding hydrogens is 236 g/mol. The van der Waals surface area contributed by atoms with E-state index in [2.05, 4.69) is 10.6 Å². The van der Waals surface area contributed by atoms with Crippen LogP contribution >= 0.6 is 0 Å². The molecule has 104 valence electrons. The molecule has 2 unspecified atom stereocenters. The van der Waals surface area contributed by atoms with Crippen molar-refractivity contribution in [3.8, 4) is 0 Å². The lowest BCUT2D eigenvalue weighted by Gasteiger charge is -2.27. The maximum Gasteiger partial charge on any atom is 0.315 e. The Labute approximate surface area is 107 Å². The minimum Gasteiger partial charge on any atom is -0.481 e. The van der Waals surface area contributed by atoms with Gasteiger partial charge in [-0.1, -0.05) is 0 Å². The van der Waals surface area contributed by atoms with Gasteiger partial charge in [-0.15, -0.1) is 0 Å². The van der Waals surface area contributed by atoms with Gasteiger partial charge in [0.2, 0.25) is 0 Å². The number of rotatable bonds is 5. The maximum absolute atomic E-state index is 11.8. The first kappa shape index (κ1) is 14.8. The zero-order valence-electron chi connectivity index (χ0n) is 11.2. The summed E-state index contributed by atoms with van der Waals surface area (Å²) in [7, 11) is 0.